The van der Waals surface area contributed by atoms with Crippen molar-refractivity contribution in [1.82, 2.24) is 4.98 Å². The molecule has 2 amide bonds. The lowest BCUT2D eigenvalue weighted by atomic mass is 10.3. The molecule has 2 aromatic carbocycles. The Labute approximate surface area is 127 Å². The van der Waals surface area contributed by atoms with Crippen LogP contribution < -0.4 is 10.2 Å². The summed E-state index contributed by atoms with van der Waals surface area (Å²) in [7, 11) is 0. The Bertz CT molecular complexity index is 721. The number of nitrogens with zero attached hydrogens (tertiary/aromatic N) is 2. The summed E-state index contributed by atoms with van der Waals surface area (Å²) in [4.78, 5) is 18.6. The Morgan fingerprint density at radius 2 is 1.86 bits per heavy atom. The van der Waals surface area contributed by atoms with Crippen LogP contribution in [-0.4, -0.2) is 17.6 Å². The predicted molar refractivity (Wildman–Crippen MR) is 88.1 cm³/mol. The number of para-hydroxylation sites is 2. The van der Waals surface area contributed by atoms with E-state index in [4.69, 9.17) is 0 Å². The molecule has 0 aliphatic heterocycles. The summed E-state index contributed by atoms with van der Waals surface area (Å²) in [5, 5.41) is 3.60. The smallest absolute Gasteiger partial charge is 0.307 e. The minimum atomic E-state index is -0.164. The number of urea groups is 1. The highest BCUT2D eigenvalue weighted by Gasteiger charge is 2.17. The molecule has 21 heavy (non-hydrogen) atoms. The van der Waals surface area contributed by atoms with Crippen molar-refractivity contribution in [3.8, 4) is 0 Å². The van der Waals surface area contributed by atoms with Crippen LogP contribution >= 0.6 is 11.3 Å². The van der Waals surface area contributed by atoms with Crippen molar-refractivity contribution in [2.24, 2.45) is 0 Å². The van der Waals surface area contributed by atoms with Crippen LogP contribution in [0.3, 0.4) is 0 Å². The van der Waals surface area contributed by atoms with E-state index in [0.29, 0.717) is 11.7 Å². The number of thiazole rings is 1. The van der Waals surface area contributed by atoms with Crippen LogP contribution in [0.2, 0.25) is 0 Å². The summed E-state index contributed by atoms with van der Waals surface area (Å²) in [6, 6.07) is 17.2. The van der Waals surface area contributed by atoms with E-state index in [9.17, 15) is 4.79 Å². The van der Waals surface area contributed by atoms with Crippen LogP contribution in [0.4, 0.5) is 15.6 Å². The van der Waals surface area contributed by atoms with Crippen molar-refractivity contribution in [3.63, 3.8) is 0 Å². The maximum atomic E-state index is 12.4. The highest BCUT2D eigenvalue weighted by atomic mass is 32.1. The number of benzene rings is 2. The van der Waals surface area contributed by atoms with Crippen molar-refractivity contribution in [3.05, 3.63) is 54.6 Å². The first-order valence-electron chi connectivity index (χ1n) is 6.77. The Morgan fingerprint density at radius 1 is 1.14 bits per heavy atom. The summed E-state index contributed by atoms with van der Waals surface area (Å²) in [5.41, 5.74) is 1.70. The zero-order valence-corrected chi connectivity index (χ0v) is 12.4. The first-order chi connectivity index (χ1) is 10.3. The molecule has 4 nitrogen and oxygen atoms in total. The summed E-state index contributed by atoms with van der Waals surface area (Å²) in [5.74, 6) is 0. The Balaban J connectivity index is 1.85. The standard InChI is InChI=1S/C16H15N3OS/c1-2-19(15(20)17-12-8-4-3-5-9-12)16-18-13-10-6-7-11-14(13)21-16/h3-11H,2H2,1H3,(H,17,20). The minimum absolute atomic E-state index is 0.164. The summed E-state index contributed by atoms with van der Waals surface area (Å²) >= 11 is 1.52. The van der Waals surface area contributed by atoms with E-state index < -0.39 is 0 Å². The van der Waals surface area contributed by atoms with E-state index in [1.807, 2.05) is 61.5 Å². The zero-order valence-electron chi connectivity index (χ0n) is 11.6. The number of amides is 2. The molecule has 0 unspecified atom stereocenters. The maximum Gasteiger partial charge on any atom is 0.328 e. The van der Waals surface area contributed by atoms with E-state index in [1.54, 1.807) is 4.90 Å². The molecule has 3 rings (SSSR count). The molecule has 0 aliphatic rings. The molecule has 106 valence electrons. The molecular weight excluding hydrogens is 282 g/mol. The second-order valence-electron chi connectivity index (χ2n) is 4.50. The molecule has 1 N–H and O–H groups in total. The maximum absolute atomic E-state index is 12.4. The van der Waals surface area contributed by atoms with Gasteiger partial charge in [0, 0.05) is 12.2 Å². The molecule has 1 aromatic heterocycles. The molecule has 1 heterocycles. The molecule has 0 saturated heterocycles. The van der Waals surface area contributed by atoms with Crippen LogP contribution in [0.5, 0.6) is 0 Å². The fraction of sp³-hybridized carbons (Fsp3) is 0.125. The number of hydrogen-bond donors (Lipinski definition) is 1. The van der Waals surface area contributed by atoms with Gasteiger partial charge in [0.15, 0.2) is 5.13 Å². The van der Waals surface area contributed by atoms with Gasteiger partial charge in [-0.05, 0) is 31.2 Å². The van der Waals surface area contributed by atoms with Gasteiger partial charge in [-0.1, -0.05) is 41.7 Å². The monoisotopic (exact) mass is 297 g/mol. The lowest BCUT2D eigenvalue weighted by molar-refractivity contribution is 0.257. The van der Waals surface area contributed by atoms with Gasteiger partial charge < -0.3 is 5.32 Å². The molecule has 5 heteroatoms. The molecule has 0 radical (unpaired) electrons. The quantitative estimate of drug-likeness (QED) is 0.781. The third kappa shape index (κ3) is 2.87. The van der Waals surface area contributed by atoms with E-state index in [-0.39, 0.29) is 6.03 Å². The SMILES string of the molecule is CCN(C(=O)Nc1ccccc1)c1nc2ccccc2s1. The lowest BCUT2D eigenvalue weighted by Gasteiger charge is -2.18. The largest absolute Gasteiger partial charge is 0.328 e. The van der Waals surface area contributed by atoms with Crippen molar-refractivity contribution in [2.45, 2.75) is 6.92 Å². The number of carbonyl (C=O) groups excluding carboxylic acids is 1. The van der Waals surface area contributed by atoms with Crippen molar-refractivity contribution in [2.75, 3.05) is 16.8 Å². The Hall–Kier alpha value is -2.40. The topological polar surface area (TPSA) is 45.2 Å². The van der Waals surface area contributed by atoms with Gasteiger partial charge in [-0.25, -0.2) is 9.78 Å². The average molecular weight is 297 g/mol. The van der Waals surface area contributed by atoms with Gasteiger partial charge in [0.1, 0.15) is 0 Å². The van der Waals surface area contributed by atoms with Gasteiger partial charge in [0.25, 0.3) is 0 Å². The van der Waals surface area contributed by atoms with Gasteiger partial charge >= 0.3 is 6.03 Å². The number of nitrogens with one attached hydrogen (secondary N) is 1. The van der Waals surface area contributed by atoms with Crippen molar-refractivity contribution in [1.29, 1.82) is 0 Å². The zero-order chi connectivity index (χ0) is 14.7. The molecule has 0 fully saturated rings. The van der Waals surface area contributed by atoms with Crippen LogP contribution in [0.25, 0.3) is 10.2 Å². The number of rotatable bonds is 3. The molecule has 0 bridgehead atoms. The van der Waals surface area contributed by atoms with Gasteiger partial charge in [-0.2, -0.15) is 0 Å². The number of carbonyl (C=O) groups is 1. The van der Waals surface area contributed by atoms with E-state index in [2.05, 4.69) is 10.3 Å². The van der Waals surface area contributed by atoms with Gasteiger partial charge in [-0.15, -0.1) is 0 Å². The number of anilines is 2. The molecule has 0 aliphatic carbocycles. The molecular formula is C16H15N3OS. The molecule has 0 atom stereocenters. The normalized spacial score (nSPS) is 10.5. The van der Waals surface area contributed by atoms with E-state index in [0.717, 1.165) is 15.9 Å². The second kappa shape index (κ2) is 5.93. The number of hydrogen-bond acceptors (Lipinski definition) is 3. The van der Waals surface area contributed by atoms with Crippen LogP contribution in [0.15, 0.2) is 54.6 Å². The molecule has 3 aromatic rings. The van der Waals surface area contributed by atoms with Gasteiger partial charge in [-0.3, -0.25) is 4.90 Å². The first-order valence-corrected chi connectivity index (χ1v) is 7.58. The second-order valence-corrected chi connectivity index (χ2v) is 5.51. The van der Waals surface area contributed by atoms with Crippen molar-refractivity contribution >= 4 is 38.4 Å². The third-order valence-electron chi connectivity index (χ3n) is 3.10. The first kappa shape index (κ1) is 13.6. The van der Waals surface area contributed by atoms with E-state index >= 15 is 0 Å². The summed E-state index contributed by atoms with van der Waals surface area (Å²) in [6.45, 7) is 2.51. The fourth-order valence-electron chi connectivity index (χ4n) is 2.05. The predicted octanol–water partition coefficient (Wildman–Crippen LogP) is 4.35. The Morgan fingerprint density at radius 3 is 2.57 bits per heavy atom. The number of aromatic nitrogens is 1. The summed E-state index contributed by atoms with van der Waals surface area (Å²) in [6.07, 6.45) is 0. The molecule has 0 spiro atoms. The van der Waals surface area contributed by atoms with Gasteiger partial charge in [0.05, 0.1) is 10.2 Å². The lowest BCUT2D eigenvalue weighted by Crippen LogP contribution is -2.34. The minimum Gasteiger partial charge on any atom is -0.307 e. The van der Waals surface area contributed by atoms with Crippen LogP contribution in [-0.2, 0) is 0 Å². The fourth-order valence-corrected chi connectivity index (χ4v) is 3.08. The highest BCUT2D eigenvalue weighted by molar-refractivity contribution is 7.22. The average Bonchev–Trinajstić information content (AvgIpc) is 2.92. The Kier molecular flexibility index (Phi) is 3.83. The van der Waals surface area contributed by atoms with Gasteiger partial charge in [0.2, 0.25) is 0 Å². The van der Waals surface area contributed by atoms with Crippen molar-refractivity contribution < 1.29 is 4.79 Å². The van der Waals surface area contributed by atoms with E-state index in [1.165, 1.54) is 11.3 Å². The number of fused-ring (bicyclic) bond motifs is 1. The van der Waals surface area contributed by atoms with Crippen LogP contribution in [0, 0.1) is 0 Å². The third-order valence-corrected chi connectivity index (χ3v) is 4.16. The molecule has 0 saturated carbocycles. The highest BCUT2D eigenvalue weighted by Crippen LogP contribution is 2.28. The van der Waals surface area contributed by atoms with Crippen LogP contribution in [0.1, 0.15) is 6.92 Å². The summed E-state index contributed by atoms with van der Waals surface area (Å²) < 4.78 is 1.08.